The Hall–Kier alpha value is -2.18. The Labute approximate surface area is 70.5 Å². The monoisotopic (exact) mass is 174 g/mol. The van der Waals surface area contributed by atoms with Gasteiger partial charge in [-0.25, -0.2) is 19.3 Å². The highest BCUT2D eigenvalue weighted by molar-refractivity contribution is 5.77. The molecule has 0 aliphatic carbocycles. The average Bonchev–Trinajstić information content (AvgIpc) is 2.65. The Kier molecular flexibility index (Phi) is 0.950. The Balaban J connectivity index is 2.69. The number of aromatic nitrogens is 4. The number of hydrogen-bond donors (Lipinski definition) is 0. The Bertz CT molecular complexity index is 626. The molecule has 0 atom stereocenters. The van der Waals surface area contributed by atoms with Crippen LogP contribution in [0, 0.1) is 0 Å². The molecule has 2 amide bonds. The van der Waals surface area contributed by atoms with Gasteiger partial charge < -0.3 is 0 Å². The zero-order valence-corrected chi connectivity index (χ0v) is 6.25. The van der Waals surface area contributed by atoms with E-state index in [0.29, 0.717) is 16.5 Å². The van der Waals surface area contributed by atoms with Crippen molar-refractivity contribution >= 4 is 11.7 Å². The predicted octanol–water partition coefficient (Wildman–Crippen LogP) is -1.50. The maximum absolute atomic E-state index is 10.8. The van der Waals surface area contributed by atoms with Crippen molar-refractivity contribution in [2.24, 2.45) is 9.98 Å². The summed E-state index contributed by atoms with van der Waals surface area (Å²) >= 11 is 0. The second-order valence-corrected chi connectivity index (χ2v) is 2.45. The van der Waals surface area contributed by atoms with Crippen LogP contribution in [0.3, 0.4) is 0 Å². The van der Waals surface area contributed by atoms with E-state index in [1.165, 1.54) is 17.2 Å². The molecular formula is C6H2N6O. The highest BCUT2D eigenvalue weighted by atomic mass is 16.2. The topological polar surface area (TPSA) is 84.9 Å². The van der Waals surface area contributed by atoms with E-state index in [-0.39, 0.29) is 0 Å². The van der Waals surface area contributed by atoms with Crippen LogP contribution in [0.2, 0.25) is 0 Å². The molecule has 0 bridgehead atoms. The SMILES string of the molecule is O=C1N=c2ncn3ncnc3c2=N1. The lowest BCUT2D eigenvalue weighted by Gasteiger charge is -1.85. The first-order valence-corrected chi connectivity index (χ1v) is 3.50. The molecule has 0 aromatic carbocycles. The molecule has 3 heterocycles. The maximum Gasteiger partial charge on any atom is 0.369 e. The lowest BCUT2D eigenvalue weighted by Crippen LogP contribution is -2.28. The molecule has 0 saturated heterocycles. The van der Waals surface area contributed by atoms with Crippen LogP contribution in [0.4, 0.5) is 4.79 Å². The van der Waals surface area contributed by atoms with Gasteiger partial charge in [0.1, 0.15) is 12.7 Å². The van der Waals surface area contributed by atoms with E-state index >= 15 is 0 Å². The normalized spacial score (nSPS) is 14.0. The van der Waals surface area contributed by atoms with E-state index in [1.54, 1.807) is 0 Å². The summed E-state index contributed by atoms with van der Waals surface area (Å²) in [6.45, 7) is 0. The fourth-order valence-corrected chi connectivity index (χ4v) is 1.17. The molecule has 7 heteroatoms. The summed E-state index contributed by atoms with van der Waals surface area (Å²) in [6, 6.07) is -0.543. The molecule has 2 aromatic rings. The highest BCUT2D eigenvalue weighted by Gasteiger charge is 2.10. The number of fused-ring (bicyclic) bond motifs is 3. The summed E-state index contributed by atoms with van der Waals surface area (Å²) in [5, 5.41) is 4.24. The van der Waals surface area contributed by atoms with Gasteiger partial charge in [0, 0.05) is 0 Å². The smallest absolute Gasteiger partial charge is 0.244 e. The van der Waals surface area contributed by atoms with Crippen LogP contribution >= 0.6 is 0 Å². The number of rotatable bonds is 0. The minimum atomic E-state index is -0.543. The molecule has 0 unspecified atom stereocenters. The van der Waals surface area contributed by atoms with Crippen LogP contribution in [-0.4, -0.2) is 25.6 Å². The van der Waals surface area contributed by atoms with Crippen LogP contribution in [0.25, 0.3) is 5.65 Å². The van der Waals surface area contributed by atoms with Crippen LogP contribution in [0.15, 0.2) is 22.6 Å². The van der Waals surface area contributed by atoms with E-state index < -0.39 is 6.03 Å². The Morgan fingerprint density at radius 2 is 2.15 bits per heavy atom. The van der Waals surface area contributed by atoms with E-state index in [2.05, 4.69) is 25.1 Å². The number of nitrogens with zero attached hydrogens (tertiary/aromatic N) is 6. The quantitative estimate of drug-likeness (QED) is 0.486. The molecule has 13 heavy (non-hydrogen) atoms. The molecule has 2 aromatic heterocycles. The van der Waals surface area contributed by atoms with E-state index in [9.17, 15) is 4.79 Å². The molecule has 0 radical (unpaired) electrons. The van der Waals surface area contributed by atoms with Crippen molar-refractivity contribution in [2.75, 3.05) is 0 Å². The zero-order chi connectivity index (χ0) is 8.84. The van der Waals surface area contributed by atoms with Crippen LogP contribution < -0.4 is 10.8 Å². The number of carbonyl (C=O) groups excluding carboxylic acids is 1. The molecule has 3 rings (SSSR count). The first-order chi connectivity index (χ1) is 6.34. The Morgan fingerprint density at radius 3 is 3.08 bits per heavy atom. The molecule has 62 valence electrons. The van der Waals surface area contributed by atoms with Gasteiger partial charge in [-0.05, 0) is 0 Å². The standard InChI is InChI=1S/C6H2N6O/c13-6-10-3-4(11-6)8-2-12-5(3)7-1-9-12/h1-2H. The number of urea groups is 1. The third-order valence-electron chi connectivity index (χ3n) is 1.70. The van der Waals surface area contributed by atoms with Gasteiger partial charge in [-0.2, -0.15) is 15.1 Å². The predicted molar refractivity (Wildman–Crippen MR) is 38.5 cm³/mol. The Morgan fingerprint density at radius 1 is 1.23 bits per heavy atom. The van der Waals surface area contributed by atoms with Crippen LogP contribution in [-0.2, 0) is 0 Å². The average molecular weight is 174 g/mol. The van der Waals surface area contributed by atoms with Gasteiger partial charge >= 0.3 is 6.03 Å². The first kappa shape index (κ1) is 6.35. The van der Waals surface area contributed by atoms with Gasteiger partial charge in [-0.15, -0.1) is 0 Å². The van der Waals surface area contributed by atoms with E-state index in [4.69, 9.17) is 0 Å². The lowest BCUT2D eigenvalue weighted by atomic mass is 10.5. The van der Waals surface area contributed by atoms with Gasteiger partial charge in [0.15, 0.2) is 16.5 Å². The van der Waals surface area contributed by atoms with Gasteiger partial charge in [0.25, 0.3) is 0 Å². The van der Waals surface area contributed by atoms with Gasteiger partial charge in [0.05, 0.1) is 0 Å². The van der Waals surface area contributed by atoms with Gasteiger partial charge in [0.2, 0.25) is 0 Å². The largest absolute Gasteiger partial charge is 0.369 e. The summed E-state index contributed by atoms with van der Waals surface area (Å²) < 4.78 is 1.44. The van der Waals surface area contributed by atoms with Crippen molar-refractivity contribution < 1.29 is 4.79 Å². The number of hydrogen-bond acceptors (Lipinski definition) is 4. The molecule has 0 spiro atoms. The molecule has 7 nitrogen and oxygen atoms in total. The summed E-state index contributed by atoms with van der Waals surface area (Å²) in [5.41, 5.74) is 0.810. The molecule has 1 aliphatic rings. The third kappa shape index (κ3) is 0.723. The van der Waals surface area contributed by atoms with Crippen molar-refractivity contribution in [3.63, 3.8) is 0 Å². The van der Waals surface area contributed by atoms with Gasteiger partial charge in [-0.3, -0.25) is 0 Å². The summed E-state index contributed by atoms with van der Waals surface area (Å²) in [4.78, 5) is 25.9. The van der Waals surface area contributed by atoms with Crippen molar-refractivity contribution in [1.82, 2.24) is 19.6 Å². The van der Waals surface area contributed by atoms with E-state index in [0.717, 1.165) is 0 Å². The summed E-state index contributed by atoms with van der Waals surface area (Å²) in [7, 11) is 0. The summed E-state index contributed by atoms with van der Waals surface area (Å²) in [5.74, 6) is 0. The second kappa shape index (κ2) is 1.94. The van der Waals surface area contributed by atoms with Crippen molar-refractivity contribution in [3.8, 4) is 0 Å². The number of carbonyl (C=O) groups is 1. The highest BCUT2D eigenvalue weighted by Crippen LogP contribution is 1.88. The third-order valence-corrected chi connectivity index (χ3v) is 1.70. The summed E-state index contributed by atoms with van der Waals surface area (Å²) in [6.07, 6.45) is 2.81. The van der Waals surface area contributed by atoms with Crippen molar-refractivity contribution in [3.05, 3.63) is 23.5 Å². The van der Waals surface area contributed by atoms with Crippen LogP contribution in [0.5, 0.6) is 0 Å². The van der Waals surface area contributed by atoms with Gasteiger partial charge in [-0.1, -0.05) is 0 Å². The molecule has 0 N–H and O–H groups in total. The molecule has 0 fully saturated rings. The number of amides is 2. The van der Waals surface area contributed by atoms with E-state index in [1.807, 2.05) is 0 Å². The zero-order valence-electron chi connectivity index (χ0n) is 6.25. The van der Waals surface area contributed by atoms with Crippen molar-refractivity contribution in [2.45, 2.75) is 0 Å². The maximum atomic E-state index is 10.8. The lowest BCUT2D eigenvalue weighted by molar-refractivity contribution is 0.256. The molecule has 0 saturated carbocycles. The molecular weight excluding hydrogens is 172 g/mol. The molecule has 1 aliphatic heterocycles. The van der Waals surface area contributed by atoms with Crippen molar-refractivity contribution in [1.29, 1.82) is 0 Å². The minimum absolute atomic E-state index is 0.311. The second-order valence-electron chi connectivity index (χ2n) is 2.45. The van der Waals surface area contributed by atoms with Crippen LogP contribution in [0.1, 0.15) is 0 Å². The first-order valence-electron chi connectivity index (χ1n) is 3.50. The fraction of sp³-hybridized carbons (Fsp3) is 0. The minimum Gasteiger partial charge on any atom is -0.244 e. The fourth-order valence-electron chi connectivity index (χ4n) is 1.17.